The highest BCUT2D eigenvalue weighted by molar-refractivity contribution is 7.98. The van der Waals surface area contributed by atoms with Gasteiger partial charge in [0.1, 0.15) is 11.5 Å². The molecule has 1 heterocycles. The minimum absolute atomic E-state index is 0.0197. The minimum Gasteiger partial charge on any atom is -0.496 e. The van der Waals surface area contributed by atoms with Crippen LogP contribution in [0.3, 0.4) is 0 Å². The summed E-state index contributed by atoms with van der Waals surface area (Å²) in [5, 5.41) is 3.34. The number of nitrogens with one attached hydrogen (secondary N) is 1. The fourth-order valence-electron chi connectivity index (χ4n) is 2.17. The van der Waals surface area contributed by atoms with Crippen molar-refractivity contribution in [3.63, 3.8) is 0 Å². The second kappa shape index (κ2) is 6.31. The molecule has 0 aliphatic carbocycles. The van der Waals surface area contributed by atoms with Crippen LogP contribution in [0.4, 0.5) is 0 Å². The van der Waals surface area contributed by atoms with Crippen LogP contribution in [0.15, 0.2) is 17.0 Å². The maximum atomic E-state index is 5.84. The molecule has 1 unspecified atom stereocenters. The largest absolute Gasteiger partial charge is 0.496 e. The van der Waals surface area contributed by atoms with Crippen LogP contribution in [0.2, 0.25) is 0 Å². The summed E-state index contributed by atoms with van der Waals surface area (Å²) in [7, 11) is 3.37. The molecular formula is C13H19NO3S. The van der Waals surface area contributed by atoms with Crippen LogP contribution in [-0.4, -0.2) is 40.2 Å². The summed E-state index contributed by atoms with van der Waals surface area (Å²) in [4.78, 5) is 1.09. The Morgan fingerprint density at radius 1 is 1.28 bits per heavy atom. The van der Waals surface area contributed by atoms with Crippen molar-refractivity contribution in [2.24, 2.45) is 0 Å². The molecule has 5 heteroatoms. The highest BCUT2D eigenvalue weighted by Crippen LogP contribution is 2.41. The van der Waals surface area contributed by atoms with E-state index in [-0.39, 0.29) is 6.10 Å². The Hall–Kier alpha value is -0.910. The Labute approximate surface area is 112 Å². The number of rotatable bonds is 4. The van der Waals surface area contributed by atoms with Crippen molar-refractivity contribution in [3.05, 3.63) is 17.7 Å². The number of benzene rings is 1. The van der Waals surface area contributed by atoms with Crippen molar-refractivity contribution in [3.8, 4) is 11.5 Å². The van der Waals surface area contributed by atoms with Gasteiger partial charge in [0.05, 0.1) is 31.8 Å². The molecule has 1 aromatic rings. The molecule has 1 fully saturated rings. The molecule has 1 aliphatic rings. The van der Waals surface area contributed by atoms with Crippen molar-refractivity contribution in [2.75, 3.05) is 40.2 Å². The van der Waals surface area contributed by atoms with Gasteiger partial charge in [-0.2, -0.15) is 0 Å². The van der Waals surface area contributed by atoms with Gasteiger partial charge in [0.25, 0.3) is 0 Å². The molecule has 0 saturated carbocycles. The second-order valence-corrected chi connectivity index (χ2v) is 4.80. The highest BCUT2D eigenvalue weighted by Gasteiger charge is 2.25. The molecule has 0 spiro atoms. The molecule has 1 saturated heterocycles. The quantitative estimate of drug-likeness (QED) is 0.847. The Morgan fingerprint density at radius 2 is 2.00 bits per heavy atom. The van der Waals surface area contributed by atoms with Crippen molar-refractivity contribution in [1.82, 2.24) is 5.32 Å². The van der Waals surface area contributed by atoms with E-state index >= 15 is 0 Å². The number of methoxy groups -OCH3 is 2. The van der Waals surface area contributed by atoms with Gasteiger partial charge in [-0.25, -0.2) is 0 Å². The van der Waals surface area contributed by atoms with E-state index in [4.69, 9.17) is 14.2 Å². The van der Waals surface area contributed by atoms with Gasteiger partial charge in [0, 0.05) is 18.7 Å². The summed E-state index contributed by atoms with van der Waals surface area (Å²) in [6, 6.07) is 3.87. The zero-order valence-corrected chi connectivity index (χ0v) is 11.8. The smallest absolute Gasteiger partial charge is 0.133 e. The van der Waals surface area contributed by atoms with Gasteiger partial charge in [-0.15, -0.1) is 11.8 Å². The summed E-state index contributed by atoms with van der Waals surface area (Å²) >= 11 is 1.66. The fourth-order valence-corrected chi connectivity index (χ4v) is 2.97. The Kier molecular flexibility index (Phi) is 4.74. The molecular weight excluding hydrogens is 250 g/mol. The van der Waals surface area contributed by atoms with Gasteiger partial charge in [-0.05, 0) is 18.4 Å². The lowest BCUT2D eigenvalue weighted by molar-refractivity contribution is 0.0244. The minimum atomic E-state index is 0.0197. The molecule has 1 aliphatic heterocycles. The Morgan fingerprint density at radius 3 is 2.56 bits per heavy atom. The number of thioether (sulfide) groups is 1. The van der Waals surface area contributed by atoms with Crippen molar-refractivity contribution in [1.29, 1.82) is 0 Å². The van der Waals surface area contributed by atoms with Crippen molar-refractivity contribution in [2.45, 2.75) is 11.0 Å². The van der Waals surface area contributed by atoms with Crippen molar-refractivity contribution < 1.29 is 14.2 Å². The number of hydrogen-bond donors (Lipinski definition) is 1. The van der Waals surface area contributed by atoms with Crippen LogP contribution in [0.5, 0.6) is 11.5 Å². The van der Waals surface area contributed by atoms with Gasteiger partial charge in [0.2, 0.25) is 0 Å². The maximum Gasteiger partial charge on any atom is 0.133 e. The fraction of sp³-hybridized carbons (Fsp3) is 0.538. The van der Waals surface area contributed by atoms with Crippen LogP contribution >= 0.6 is 11.8 Å². The predicted molar refractivity (Wildman–Crippen MR) is 72.9 cm³/mol. The lowest BCUT2D eigenvalue weighted by Gasteiger charge is -2.27. The third-order valence-electron chi connectivity index (χ3n) is 3.01. The zero-order chi connectivity index (χ0) is 13.0. The molecule has 4 nitrogen and oxygen atoms in total. The molecule has 1 atom stereocenters. The lowest BCUT2D eigenvalue weighted by Crippen LogP contribution is -2.33. The lowest BCUT2D eigenvalue weighted by atomic mass is 10.1. The first-order valence-corrected chi connectivity index (χ1v) is 7.15. The van der Waals surface area contributed by atoms with Crippen LogP contribution in [0, 0.1) is 0 Å². The van der Waals surface area contributed by atoms with Crippen molar-refractivity contribution >= 4 is 11.8 Å². The molecule has 1 aromatic carbocycles. The second-order valence-electron chi connectivity index (χ2n) is 3.98. The number of ether oxygens (including phenoxy) is 3. The van der Waals surface area contributed by atoms with Gasteiger partial charge < -0.3 is 19.5 Å². The molecule has 18 heavy (non-hydrogen) atoms. The van der Waals surface area contributed by atoms with Crippen LogP contribution in [-0.2, 0) is 4.74 Å². The predicted octanol–water partition coefficient (Wildman–Crippen LogP) is 2.09. The van der Waals surface area contributed by atoms with E-state index < -0.39 is 0 Å². The summed E-state index contributed by atoms with van der Waals surface area (Å²) in [5.74, 6) is 1.72. The molecule has 1 N–H and O–H groups in total. The number of hydrogen-bond acceptors (Lipinski definition) is 5. The molecule has 100 valence electrons. The zero-order valence-electron chi connectivity index (χ0n) is 11.0. The summed E-state index contributed by atoms with van der Waals surface area (Å²) < 4.78 is 16.7. The first-order valence-electron chi connectivity index (χ1n) is 5.93. The van der Waals surface area contributed by atoms with Crippen LogP contribution < -0.4 is 14.8 Å². The van der Waals surface area contributed by atoms with E-state index in [9.17, 15) is 0 Å². The van der Waals surface area contributed by atoms with E-state index in [1.54, 1.807) is 26.0 Å². The normalized spacial score (nSPS) is 19.6. The van der Waals surface area contributed by atoms with E-state index in [1.165, 1.54) is 0 Å². The SMILES string of the molecule is COc1ccc(OC)c(C2CNCCO2)c1SC. The monoisotopic (exact) mass is 269 g/mol. The third-order valence-corrected chi connectivity index (χ3v) is 3.84. The average Bonchev–Trinajstić information content (AvgIpc) is 2.46. The Bertz CT molecular complexity index is 405. The molecule has 0 aromatic heterocycles. The molecule has 2 rings (SSSR count). The molecule has 0 bridgehead atoms. The van der Waals surface area contributed by atoms with E-state index in [1.807, 2.05) is 18.4 Å². The molecule has 0 amide bonds. The molecule has 0 radical (unpaired) electrons. The van der Waals surface area contributed by atoms with E-state index in [2.05, 4.69) is 5.32 Å². The first-order chi connectivity index (χ1) is 8.81. The number of morpholine rings is 1. The van der Waals surface area contributed by atoms with E-state index in [0.29, 0.717) is 0 Å². The summed E-state index contributed by atoms with van der Waals surface area (Å²) in [5.41, 5.74) is 1.08. The standard InChI is InChI=1S/C13H19NO3S/c1-15-9-4-5-10(16-2)13(18-3)12(9)11-8-14-6-7-17-11/h4-5,11,14H,6-8H2,1-3H3. The third kappa shape index (κ3) is 2.58. The summed E-state index contributed by atoms with van der Waals surface area (Å²) in [6.07, 6.45) is 2.06. The van der Waals surface area contributed by atoms with Gasteiger partial charge >= 0.3 is 0 Å². The van der Waals surface area contributed by atoms with E-state index in [0.717, 1.165) is 41.7 Å². The summed E-state index contributed by atoms with van der Waals surface area (Å²) in [6.45, 7) is 2.42. The Balaban J connectivity index is 2.45. The van der Waals surface area contributed by atoms with Crippen LogP contribution in [0.25, 0.3) is 0 Å². The first kappa shape index (κ1) is 13.5. The van der Waals surface area contributed by atoms with Gasteiger partial charge in [-0.3, -0.25) is 0 Å². The average molecular weight is 269 g/mol. The highest BCUT2D eigenvalue weighted by atomic mass is 32.2. The van der Waals surface area contributed by atoms with Gasteiger partial charge in [0.15, 0.2) is 0 Å². The van der Waals surface area contributed by atoms with Gasteiger partial charge in [-0.1, -0.05) is 0 Å². The topological polar surface area (TPSA) is 39.7 Å². The maximum absolute atomic E-state index is 5.84. The van der Waals surface area contributed by atoms with Crippen LogP contribution in [0.1, 0.15) is 11.7 Å².